The molecule has 8 heteroatoms. The number of benzene rings is 1. The number of furan rings is 1. The molecule has 7 nitrogen and oxygen atoms in total. The number of ether oxygens (including phenoxy) is 1. The van der Waals surface area contributed by atoms with Gasteiger partial charge in [-0.15, -0.1) is 0 Å². The molecule has 0 fully saturated rings. The summed E-state index contributed by atoms with van der Waals surface area (Å²) < 4.78 is 10.5. The first-order chi connectivity index (χ1) is 11.5. The lowest BCUT2D eigenvalue weighted by molar-refractivity contribution is -0.131. The summed E-state index contributed by atoms with van der Waals surface area (Å²) in [4.78, 5) is 34.7. The highest BCUT2D eigenvalue weighted by Crippen LogP contribution is 2.14. The summed E-state index contributed by atoms with van der Waals surface area (Å²) in [5, 5.41) is 5.28. The summed E-state index contributed by atoms with van der Waals surface area (Å²) in [5.74, 6) is -0.681. The molecule has 2 aromatic rings. The molecule has 1 aromatic carbocycles. The lowest BCUT2D eigenvalue weighted by Gasteiger charge is -2.07. The predicted molar refractivity (Wildman–Crippen MR) is 88.8 cm³/mol. The predicted octanol–water partition coefficient (Wildman–Crippen LogP) is 2.13. The maximum absolute atomic E-state index is 12.0. The van der Waals surface area contributed by atoms with Gasteiger partial charge in [-0.3, -0.25) is 14.4 Å². The first-order valence-corrected chi connectivity index (χ1v) is 7.85. The van der Waals surface area contributed by atoms with Gasteiger partial charge in [0.15, 0.2) is 10.4 Å². The molecular weight excluding hydrogens is 380 g/mol. The Balaban J connectivity index is 1.79. The number of halogens is 1. The molecule has 24 heavy (non-hydrogen) atoms. The quantitative estimate of drug-likeness (QED) is 0.444. The smallest absolute Gasteiger partial charge is 0.308 e. The van der Waals surface area contributed by atoms with Crippen LogP contribution in [0.15, 0.2) is 45.5 Å². The molecule has 0 aliphatic heterocycles. The van der Waals surface area contributed by atoms with E-state index < -0.39 is 5.97 Å². The molecule has 0 unspecified atom stereocenters. The molecule has 0 atom stereocenters. The van der Waals surface area contributed by atoms with Crippen molar-refractivity contribution in [1.29, 1.82) is 0 Å². The van der Waals surface area contributed by atoms with Crippen LogP contribution in [0.1, 0.15) is 27.8 Å². The van der Waals surface area contributed by atoms with Crippen LogP contribution in [0.2, 0.25) is 0 Å². The third-order valence-corrected chi connectivity index (χ3v) is 3.28. The highest BCUT2D eigenvalue weighted by atomic mass is 79.9. The fourth-order valence-corrected chi connectivity index (χ4v) is 2.15. The van der Waals surface area contributed by atoms with Crippen LogP contribution in [0.25, 0.3) is 0 Å². The van der Waals surface area contributed by atoms with Gasteiger partial charge in [-0.2, -0.15) is 0 Å². The van der Waals surface area contributed by atoms with Crippen molar-refractivity contribution in [3.05, 3.63) is 52.4 Å². The van der Waals surface area contributed by atoms with Gasteiger partial charge in [0, 0.05) is 25.6 Å². The van der Waals surface area contributed by atoms with Crippen molar-refractivity contribution in [3.8, 4) is 5.75 Å². The van der Waals surface area contributed by atoms with E-state index in [1.807, 2.05) is 0 Å². The molecule has 126 valence electrons. The van der Waals surface area contributed by atoms with Crippen molar-refractivity contribution >= 4 is 33.7 Å². The average Bonchev–Trinajstić information content (AvgIpc) is 2.97. The largest absolute Gasteiger partial charge is 0.444 e. The maximum atomic E-state index is 12.0. The molecule has 0 saturated carbocycles. The van der Waals surface area contributed by atoms with E-state index in [2.05, 4.69) is 26.6 Å². The number of rotatable bonds is 6. The standard InChI is InChI=1S/C16H15BrN2O5/c1-10(20)23-12-4-2-3-11(9-12)15(21)18-7-8-19-16(22)13-5-6-14(17)24-13/h2-6,9H,7-8H2,1H3,(H,18,21)(H,19,22). The fourth-order valence-electron chi connectivity index (χ4n) is 1.84. The normalized spacial score (nSPS) is 10.1. The molecule has 2 amide bonds. The Labute approximate surface area is 146 Å². The molecule has 2 N–H and O–H groups in total. The molecule has 0 spiro atoms. The third kappa shape index (κ3) is 5.24. The highest BCUT2D eigenvalue weighted by Gasteiger charge is 2.10. The second-order valence-corrected chi connectivity index (χ2v) is 5.52. The van der Waals surface area contributed by atoms with E-state index in [0.717, 1.165) is 0 Å². The minimum atomic E-state index is -0.458. The first-order valence-electron chi connectivity index (χ1n) is 7.06. The summed E-state index contributed by atoms with van der Waals surface area (Å²) in [7, 11) is 0. The Bertz CT molecular complexity index is 756. The van der Waals surface area contributed by atoms with Gasteiger partial charge in [0.1, 0.15) is 5.75 Å². The van der Waals surface area contributed by atoms with E-state index in [0.29, 0.717) is 16.0 Å². The fraction of sp³-hybridized carbons (Fsp3) is 0.188. The molecule has 1 heterocycles. The van der Waals surface area contributed by atoms with Gasteiger partial charge in [-0.1, -0.05) is 6.07 Å². The number of carbonyl (C=O) groups excluding carboxylic acids is 3. The van der Waals surface area contributed by atoms with Gasteiger partial charge in [0.05, 0.1) is 0 Å². The number of esters is 1. The Kier molecular flexibility index (Phi) is 6.14. The number of carbonyl (C=O) groups is 3. The van der Waals surface area contributed by atoms with Crippen LogP contribution in [0.3, 0.4) is 0 Å². The van der Waals surface area contributed by atoms with Gasteiger partial charge in [-0.25, -0.2) is 0 Å². The third-order valence-electron chi connectivity index (χ3n) is 2.85. The van der Waals surface area contributed by atoms with E-state index in [9.17, 15) is 14.4 Å². The summed E-state index contributed by atoms with van der Waals surface area (Å²) in [6.07, 6.45) is 0. The van der Waals surface area contributed by atoms with Crippen LogP contribution < -0.4 is 15.4 Å². The van der Waals surface area contributed by atoms with Crippen LogP contribution >= 0.6 is 15.9 Å². The Hall–Kier alpha value is -2.61. The highest BCUT2D eigenvalue weighted by molar-refractivity contribution is 9.10. The summed E-state index contributed by atoms with van der Waals surface area (Å²) in [5.41, 5.74) is 0.357. The van der Waals surface area contributed by atoms with Crippen molar-refractivity contribution in [2.45, 2.75) is 6.92 Å². The molecule has 0 aliphatic rings. The Morgan fingerprint density at radius 3 is 2.42 bits per heavy atom. The molecular formula is C16H15BrN2O5. The van der Waals surface area contributed by atoms with Crippen molar-refractivity contribution in [2.24, 2.45) is 0 Å². The van der Waals surface area contributed by atoms with Gasteiger partial charge >= 0.3 is 5.97 Å². The zero-order valence-corrected chi connectivity index (χ0v) is 14.4. The van der Waals surface area contributed by atoms with Crippen LogP contribution in [-0.2, 0) is 4.79 Å². The van der Waals surface area contributed by atoms with E-state index in [-0.39, 0.29) is 30.7 Å². The van der Waals surface area contributed by atoms with Crippen LogP contribution in [-0.4, -0.2) is 30.9 Å². The van der Waals surface area contributed by atoms with Gasteiger partial charge in [0.2, 0.25) is 0 Å². The van der Waals surface area contributed by atoms with E-state index in [1.54, 1.807) is 30.3 Å². The summed E-state index contributed by atoms with van der Waals surface area (Å²) in [6.45, 7) is 1.77. The average molecular weight is 395 g/mol. The van der Waals surface area contributed by atoms with Crippen LogP contribution in [0.4, 0.5) is 0 Å². The van der Waals surface area contributed by atoms with Crippen molar-refractivity contribution in [2.75, 3.05) is 13.1 Å². The molecule has 0 bridgehead atoms. The lowest BCUT2D eigenvalue weighted by Crippen LogP contribution is -2.34. The van der Waals surface area contributed by atoms with Crippen LogP contribution in [0.5, 0.6) is 5.75 Å². The molecule has 1 aromatic heterocycles. The van der Waals surface area contributed by atoms with Crippen LogP contribution in [0, 0.1) is 0 Å². The number of hydrogen-bond acceptors (Lipinski definition) is 5. The second-order valence-electron chi connectivity index (χ2n) is 4.74. The number of hydrogen-bond donors (Lipinski definition) is 2. The lowest BCUT2D eigenvalue weighted by atomic mass is 10.2. The van der Waals surface area contributed by atoms with Gasteiger partial charge in [-0.05, 0) is 46.3 Å². The maximum Gasteiger partial charge on any atom is 0.308 e. The number of amides is 2. The second kappa shape index (κ2) is 8.30. The molecule has 0 saturated heterocycles. The minimum Gasteiger partial charge on any atom is -0.444 e. The minimum absolute atomic E-state index is 0.183. The SMILES string of the molecule is CC(=O)Oc1cccc(C(=O)NCCNC(=O)c2ccc(Br)o2)c1. The molecule has 2 rings (SSSR count). The molecule has 0 aliphatic carbocycles. The van der Waals surface area contributed by atoms with E-state index in [1.165, 1.54) is 13.0 Å². The van der Waals surface area contributed by atoms with Gasteiger partial charge in [0.25, 0.3) is 11.8 Å². The Morgan fingerprint density at radius 2 is 1.79 bits per heavy atom. The Morgan fingerprint density at radius 1 is 1.08 bits per heavy atom. The summed E-state index contributed by atoms with van der Waals surface area (Å²) in [6, 6.07) is 9.42. The van der Waals surface area contributed by atoms with Crippen molar-refractivity contribution in [3.63, 3.8) is 0 Å². The van der Waals surface area contributed by atoms with E-state index in [4.69, 9.17) is 9.15 Å². The van der Waals surface area contributed by atoms with Crippen molar-refractivity contribution in [1.82, 2.24) is 10.6 Å². The summed E-state index contributed by atoms with van der Waals surface area (Å²) >= 11 is 3.11. The first kappa shape index (κ1) is 17.7. The zero-order chi connectivity index (χ0) is 17.5. The monoisotopic (exact) mass is 394 g/mol. The molecule has 0 radical (unpaired) electrons. The zero-order valence-electron chi connectivity index (χ0n) is 12.8. The van der Waals surface area contributed by atoms with Crippen molar-refractivity contribution < 1.29 is 23.5 Å². The van der Waals surface area contributed by atoms with Gasteiger partial charge < -0.3 is 19.8 Å². The van der Waals surface area contributed by atoms with E-state index >= 15 is 0 Å². The topological polar surface area (TPSA) is 97.6 Å². The number of nitrogens with one attached hydrogen (secondary N) is 2.